The van der Waals surface area contributed by atoms with Crippen LogP contribution in [0, 0.1) is 10.1 Å². The Hall–Kier alpha value is -1.28. The Kier molecular flexibility index (Phi) is 5.86. The largest absolute Gasteiger partial charge is 0.408 e. The van der Waals surface area contributed by atoms with Gasteiger partial charge in [-0.25, -0.2) is 0 Å². The van der Waals surface area contributed by atoms with Crippen LogP contribution in [0.25, 0.3) is 0 Å². The van der Waals surface area contributed by atoms with Crippen LogP contribution < -0.4 is 5.73 Å². The Morgan fingerprint density at radius 2 is 1.82 bits per heavy atom. The van der Waals surface area contributed by atoms with Crippen molar-refractivity contribution in [2.24, 2.45) is 5.73 Å². The molecule has 6 nitrogen and oxygen atoms in total. The first-order valence-electron chi connectivity index (χ1n) is 7.28. The van der Waals surface area contributed by atoms with Crippen molar-refractivity contribution >= 4 is 14.0 Å². The second kappa shape index (κ2) is 6.87. The number of benzene rings is 1. The number of nitro groups is 1. The van der Waals surface area contributed by atoms with Crippen molar-refractivity contribution in [3.05, 3.63) is 39.9 Å². The third kappa shape index (κ3) is 4.36. The predicted molar refractivity (Wildman–Crippen MR) is 89.2 cm³/mol. The van der Waals surface area contributed by atoms with Crippen molar-refractivity contribution in [2.75, 3.05) is 6.61 Å². The average Bonchev–Trinajstić information content (AvgIpc) is 2.43. The summed E-state index contributed by atoms with van der Waals surface area (Å²) in [7, 11) is -2.09. The van der Waals surface area contributed by atoms with Gasteiger partial charge in [0.15, 0.2) is 8.32 Å². The van der Waals surface area contributed by atoms with Crippen LogP contribution in [0.2, 0.25) is 18.1 Å². The van der Waals surface area contributed by atoms with Crippen LogP contribution >= 0.6 is 0 Å². The summed E-state index contributed by atoms with van der Waals surface area (Å²) in [6, 6.07) is 5.58. The number of non-ortho nitro benzene ring substituents is 1. The summed E-state index contributed by atoms with van der Waals surface area (Å²) in [5.74, 6) is 0. The third-order valence-corrected chi connectivity index (χ3v) is 8.72. The Morgan fingerprint density at radius 3 is 2.18 bits per heavy atom. The highest BCUT2D eigenvalue weighted by Gasteiger charge is 2.40. The number of rotatable bonds is 6. The van der Waals surface area contributed by atoms with E-state index < -0.39 is 25.4 Å². The fraction of sp³-hybridized carbons (Fsp3) is 0.600. The first kappa shape index (κ1) is 18.8. The fourth-order valence-electron chi connectivity index (χ4n) is 1.78. The molecule has 1 rings (SSSR count). The molecule has 0 spiro atoms. The van der Waals surface area contributed by atoms with Crippen LogP contribution in [0.3, 0.4) is 0 Å². The van der Waals surface area contributed by atoms with E-state index in [-0.39, 0.29) is 17.3 Å². The second-order valence-corrected chi connectivity index (χ2v) is 11.8. The molecule has 0 aliphatic carbocycles. The van der Waals surface area contributed by atoms with Gasteiger partial charge in [0.2, 0.25) is 0 Å². The molecule has 0 aromatic heterocycles. The van der Waals surface area contributed by atoms with E-state index in [1.807, 2.05) is 0 Å². The lowest BCUT2D eigenvalue weighted by molar-refractivity contribution is -0.384. The van der Waals surface area contributed by atoms with Gasteiger partial charge in [0, 0.05) is 12.1 Å². The van der Waals surface area contributed by atoms with Crippen molar-refractivity contribution in [2.45, 2.75) is 51.0 Å². The molecular weight excluding hydrogens is 300 g/mol. The molecule has 0 fully saturated rings. The molecule has 0 aliphatic heterocycles. The van der Waals surface area contributed by atoms with Gasteiger partial charge in [-0.05, 0) is 35.8 Å². The molecule has 7 heteroatoms. The molecule has 0 aliphatic rings. The Labute approximate surface area is 132 Å². The Bertz CT molecular complexity index is 511. The van der Waals surface area contributed by atoms with Crippen LogP contribution in [-0.2, 0) is 4.43 Å². The van der Waals surface area contributed by atoms with Crippen LogP contribution in [0.4, 0.5) is 5.69 Å². The normalized spacial score (nSPS) is 15.4. The molecule has 0 heterocycles. The molecule has 0 amide bonds. The first-order valence-corrected chi connectivity index (χ1v) is 10.2. The number of nitrogens with zero attached hydrogens (tertiary/aromatic N) is 1. The fourth-order valence-corrected chi connectivity index (χ4v) is 3.08. The van der Waals surface area contributed by atoms with Gasteiger partial charge in [0.1, 0.15) is 0 Å². The highest BCUT2D eigenvalue weighted by Crippen LogP contribution is 2.40. The number of hydrogen-bond donors (Lipinski definition) is 2. The molecule has 0 radical (unpaired) electrons. The lowest BCUT2D eigenvalue weighted by Gasteiger charge is -2.40. The van der Waals surface area contributed by atoms with E-state index in [2.05, 4.69) is 33.9 Å². The molecule has 0 saturated carbocycles. The SMILES string of the molecule is CC(C)(C)[Si](C)(C)O[C@H](c1ccc([N+](=O)[O-])cc1)[C@H](N)CO. The molecule has 1 aromatic rings. The number of hydrogen-bond acceptors (Lipinski definition) is 5. The number of aliphatic hydroxyl groups excluding tert-OH is 1. The average molecular weight is 326 g/mol. The van der Waals surface area contributed by atoms with E-state index in [0.717, 1.165) is 5.56 Å². The molecule has 1 aromatic carbocycles. The number of aliphatic hydroxyl groups is 1. The summed E-state index contributed by atoms with van der Waals surface area (Å²) in [4.78, 5) is 10.3. The zero-order valence-electron chi connectivity index (χ0n) is 13.9. The van der Waals surface area contributed by atoms with E-state index in [1.54, 1.807) is 12.1 Å². The molecule has 2 atom stereocenters. The number of nitro benzene ring substituents is 1. The van der Waals surface area contributed by atoms with Gasteiger partial charge in [-0.2, -0.15) is 0 Å². The third-order valence-electron chi connectivity index (χ3n) is 4.26. The lowest BCUT2D eigenvalue weighted by Crippen LogP contribution is -2.46. The number of nitrogens with two attached hydrogens (primary N) is 1. The van der Waals surface area contributed by atoms with Crippen molar-refractivity contribution in [3.63, 3.8) is 0 Å². The van der Waals surface area contributed by atoms with E-state index in [4.69, 9.17) is 10.2 Å². The van der Waals surface area contributed by atoms with Crippen LogP contribution in [0.5, 0.6) is 0 Å². The molecule has 0 bridgehead atoms. The molecule has 124 valence electrons. The Morgan fingerprint density at radius 1 is 1.32 bits per heavy atom. The van der Waals surface area contributed by atoms with Gasteiger partial charge < -0.3 is 15.3 Å². The highest BCUT2D eigenvalue weighted by molar-refractivity contribution is 6.74. The van der Waals surface area contributed by atoms with Crippen LogP contribution in [0.1, 0.15) is 32.4 Å². The smallest absolute Gasteiger partial charge is 0.269 e. The summed E-state index contributed by atoms with van der Waals surface area (Å²) in [5.41, 5.74) is 6.78. The second-order valence-electron chi connectivity index (χ2n) is 6.99. The molecule has 0 unspecified atom stereocenters. The van der Waals surface area contributed by atoms with Gasteiger partial charge in [-0.3, -0.25) is 10.1 Å². The molecule has 0 saturated heterocycles. The van der Waals surface area contributed by atoms with E-state index in [0.29, 0.717) is 0 Å². The maximum absolute atomic E-state index is 10.7. The summed E-state index contributed by atoms with van der Waals surface area (Å²) in [5, 5.41) is 20.2. The van der Waals surface area contributed by atoms with E-state index in [9.17, 15) is 15.2 Å². The minimum Gasteiger partial charge on any atom is -0.408 e. The maximum Gasteiger partial charge on any atom is 0.269 e. The maximum atomic E-state index is 10.7. The zero-order valence-corrected chi connectivity index (χ0v) is 14.9. The summed E-state index contributed by atoms with van der Waals surface area (Å²) in [6.07, 6.45) is -0.480. The molecular formula is C15H26N2O4Si. The van der Waals surface area contributed by atoms with Crippen molar-refractivity contribution < 1.29 is 14.5 Å². The van der Waals surface area contributed by atoms with Gasteiger partial charge in [-0.15, -0.1) is 0 Å². The van der Waals surface area contributed by atoms with Gasteiger partial charge in [-0.1, -0.05) is 20.8 Å². The van der Waals surface area contributed by atoms with Crippen molar-refractivity contribution in [1.29, 1.82) is 0 Å². The van der Waals surface area contributed by atoms with E-state index in [1.165, 1.54) is 12.1 Å². The Balaban J connectivity index is 3.11. The lowest BCUT2D eigenvalue weighted by atomic mass is 10.0. The van der Waals surface area contributed by atoms with Crippen LogP contribution in [0.15, 0.2) is 24.3 Å². The highest BCUT2D eigenvalue weighted by atomic mass is 28.4. The summed E-state index contributed by atoms with van der Waals surface area (Å²) in [6.45, 7) is 10.4. The molecule has 22 heavy (non-hydrogen) atoms. The minimum atomic E-state index is -2.09. The van der Waals surface area contributed by atoms with Crippen molar-refractivity contribution in [3.8, 4) is 0 Å². The molecule has 3 N–H and O–H groups in total. The summed E-state index contributed by atoms with van der Waals surface area (Å²) >= 11 is 0. The van der Waals surface area contributed by atoms with Gasteiger partial charge >= 0.3 is 0 Å². The quantitative estimate of drug-likeness (QED) is 0.476. The minimum absolute atomic E-state index is 0.00119. The monoisotopic (exact) mass is 326 g/mol. The summed E-state index contributed by atoms with van der Waals surface area (Å²) < 4.78 is 6.33. The predicted octanol–water partition coefficient (Wildman–Crippen LogP) is 2.98. The van der Waals surface area contributed by atoms with Crippen LogP contribution in [-0.4, -0.2) is 31.0 Å². The zero-order chi connectivity index (χ0) is 17.1. The van der Waals surface area contributed by atoms with E-state index >= 15 is 0 Å². The van der Waals surface area contributed by atoms with Crippen molar-refractivity contribution in [1.82, 2.24) is 0 Å². The standard InChI is InChI=1S/C15H26N2O4Si/c1-15(2,3)22(4,5)21-14(13(16)10-18)11-6-8-12(9-7-11)17(19)20/h6-9,13-14,18H,10,16H2,1-5H3/t13-,14-/m1/s1. The van der Waals surface area contributed by atoms with Gasteiger partial charge in [0.05, 0.1) is 23.7 Å². The first-order chi connectivity index (χ1) is 9.99. The van der Waals surface area contributed by atoms with Gasteiger partial charge in [0.25, 0.3) is 5.69 Å². The topological polar surface area (TPSA) is 98.6 Å².